The number of aromatic nitrogens is 2. The lowest BCUT2D eigenvalue weighted by atomic mass is 10.1. The van der Waals surface area contributed by atoms with Gasteiger partial charge in [-0.2, -0.15) is 0 Å². The van der Waals surface area contributed by atoms with E-state index in [0.29, 0.717) is 31.5 Å². The quantitative estimate of drug-likeness (QED) is 0.672. The highest BCUT2D eigenvalue weighted by Crippen LogP contribution is 2.34. The highest BCUT2D eigenvalue weighted by atomic mass is 32.2. The molecule has 3 heterocycles. The molecule has 0 spiro atoms. The SMILES string of the molecule is O=S(=O)(COC[C@@H]1COCCO1)C1(F)CCN(c2nccc(CO)n2)CC1. The Morgan fingerprint density at radius 1 is 1.37 bits per heavy atom. The Hall–Kier alpha value is -1.40. The molecule has 27 heavy (non-hydrogen) atoms. The standard InChI is InChI=1S/C16H24FN3O6S/c17-16(27(22,23)12-25-11-14-10-24-7-8-26-14)2-5-20(6-3-16)15-18-4-1-13(9-21)19-15/h1,4,14,21H,2-3,5-12H2/t14-/m0/s1. The van der Waals surface area contributed by atoms with Crippen LogP contribution < -0.4 is 4.90 Å². The maximum Gasteiger partial charge on any atom is 0.225 e. The van der Waals surface area contributed by atoms with Crippen molar-refractivity contribution in [2.75, 3.05) is 50.4 Å². The van der Waals surface area contributed by atoms with Crippen molar-refractivity contribution in [3.05, 3.63) is 18.0 Å². The first-order valence-corrected chi connectivity index (χ1v) is 10.4. The smallest absolute Gasteiger partial charge is 0.225 e. The number of halogens is 1. The summed E-state index contributed by atoms with van der Waals surface area (Å²) < 4.78 is 55.8. The molecule has 1 atom stereocenters. The summed E-state index contributed by atoms with van der Waals surface area (Å²) in [7, 11) is -4.09. The van der Waals surface area contributed by atoms with Crippen LogP contribution in [0.25, 0.3) is 0 Å². The van der Waals surface area contributed by atoms with Gasteiger partial charge in [-0.3, -0.25) is 0 Å². The van der Waals surface area contributed by atoms with Crippen molar-refractivity contribution in [3.63, 3.8) is 0 Å². The Morgan fingerprint density at radius 2 is 2.15 bits per heavy atom. The van der Waals surface area contributed by atoms with E-state index in [4.69, 9.17) is 19.3 Å². The number of nitrogens with zero attached hydrogens (tertiary/aromatic N) is 3. The van der Waals surface area contributed by atoms with E-state index >= 15 is 4.39 Å². The molecule has 2 aliphatic heterocycles. The third-order valence-corrected chi connectivity index (χ3v) is 6.64. The normalized spacial score (nSPS) is 23.3. The first kappa shape index (κ1) is 20.3. The number of rotatable bonds is 7. The summed E-state index contributed by atoms with van der Waals surface area (Å²) in [6.07, 6.45) is 0.776. The summed E-state index contributed by atoms with van der Waals surface area (Å²) in [5.74, 6) is -0.341. The minimum absolute atomic E-state index is 0.0449. The predicted octanol–water partition coefficient (Wildman–Crippen LogP) is 0.0392. The molecule has 0 amide bonds. The zero-order valence-electron chi connectivity index (χ0n) is 14.9. The fraction of sp³-hybridized carbons (Fsp3) is 0.750. The molecule has 0 aliphatic carbocycles. The van der Waals surface area contributed by atoms with Crippen molar-refractivity contribution in [1.29, 1.82) is 0 Å². The van der Waals surface area contributed by atoms with Crippen LogP contribution in [0.3, 0.4) is 0 Å². The third kappa shape index (κ3) is 4.91. The second kappa shape index (κ2) is 8.74. The summed E-state index contributed by atoms with van der Waals surface area (Å²) >= 11 is 0. The molecular weight excluding hydrogens is 381 g/mol. The second-order valence-corrected chi connectivity index (χ2v) is 8.74. The van der Waals surface area contributed by atoms with E-state index < -0.39 is 20.8 Å². The van der Waals surface area contributed by atoms with Crippen molar-refractivity contribution in [3.8, 4) is 0 Å². The van der Waals surface area contributed by atoms with Crippen molar-refractivity contribution in [1.82, 2.24) is 9.97 Å². The van der Waals surface area contributed by atoms with Crippen LogP contribution in [-0.4, -0.2) is 80.1 Å². The highest BCUT2D eigenvalue weighted by Gasteiger charge is 2.47. The van der Waals surface area contributed by atoms with Crippen LogP contribution in [0, 0.1) is 0 Å². The van der Waals surface area contributed by atoms with Gasteiger partial charge < -0.3 is 24.2 Å². The van der Waals surface area contributed by atoms with Crippen molar-refractivity contribution < 1.29 is 32.1 Å². The maximum atomic E-state index is 15.1. The van der Waals surface area contributed by atoms with Gasteiger partial charge >= 0.3 is 0 Å². The molecule has 3 rings (SSSR count). The Balaban J connectivity index is 1.53. The van der Waals surface area contributed by atoms with E-state index in [0.717, 1.165) is 0 Å². The molecule has 1 aromatic heterocycles. The number of aliphatic hydroxyl groups is 1. The minimum Gasteiger partial charge on any atom is -0.390 e. The molecule has 1 N–H and O–H groups in total. The van der Waals surface area contributed by atoms with Crippen molar-refractivity contribution >= 4 is 15.8 Å². The van der Waals surface area contributed by atoms with Gasteiger partial charge in [0.05, 0.1) is 38.7 Å². The first-order chi connectivity index (χ1) is 12.9. The van der Waals surface area contributed by atoms with E-state index in [9.17, 15) is 8.42 Å². The number of alkyl halides is 1. The zero-order chi connectivity index (χ0) is 19.3. The predicted molar refractivity (Wildman–Crippen MR) is 93.5 cm³/mol. The largest absolute Gasteiger partial charge is 0.390 e. The Morgan fingerprint density at radius 3 is 2.81 bits per heavy atom. The van der Waals surface area contributed by atoms with Crippen LogP contribution in [0.4, 0.5) is 10.3 Å². The van der Waals surface area contributed by atoms with E-state index in [-0.39, 0.29) is 45.2 Å². The monoisotopic (exact) mass is 405 g/mol. The van der Waals surface area contributed by atoms with Gasteiger partial charge in [-0.1, -0.05) is 0 Å². The van der Waals surface area contributed by atoms with Gasteiger partial charge in [-0.15, -0.1) is 0 Å². The maximum absolute atomic E-state index is 15.1. The number of piperidine rings is 1. The lowest BCUT2D eigenvalue weighted by molar-refractivity contribution is -0.111. The third-order valence-electron chi connectivity index (χ3n) is 4.64. The van der Waals surface area contributed by atoms with Gasteiger partial charge in [0.25, 0.3) is 0 Å². The minimum atomic E-state index is -4.09. The first-order valence-electron chi connectivity index (χ1n) is 8.79. The van der Waals surface area contributed by atoms with Gasteiger partial charge in [-0.05, 0) is 6.07 Å². The van der Waals surface area contributed by atoms with Crippen LogP contribution >= 0.6 is 0 Å². The van der Waals surface area contributed by atoms with Crippen LogP contribution in [0.1, 0.15) is 18.5 Å². The van der Waals surface area contributed by atoms with Crippen LogP contribution in [0.15, 0.2) is 12.3 Å². The molecule has 0 aromatic carbocycles. The van der Waals surface area contributed by atoms with Gasteiger partial charge in [0.15, 0.2) is 5.94 Å². The molecule has 9 nitrogen and oxygen atoms in total. The van der Waals surface area contributed by atoms with E-state index in [1.165, 1.54) is 6.20 Å². The molecule has 2 aliphatic rings. The van der Waals surface area contributed by atoms with Crippen molar-refractivity contribution in [2.24, 2.45) is 0 Å². The lowest BCUT2D eigenvalue weighted by Crippen LogP contribution is -2.48. The molecular formula is C16H24FN3O6S. The molecule has 2 saturated heterocycles. The second-order valence-electron chi connectivity index (χ2n) is 6.55. The molecule has 0 unspecified atom stereocenters. The Bertz CT molecular complexity index is 721. The summed E-state index contributed by atoms with van der Waals surface area (Å²) in [5, 5.41) is 6.80. The summed E-state index contributed by atoms with van der Waals surface area (Å²) in [5.41, 5.74) is 0.451. The van der Waals surface area contributed by atoms with Gasteiger partial charge in [0, 0.05) is 32.1 Å². The lowest BCUT2D eigenvalue weighted by Gasteiger charge is -2.35. The van der Waals surface area contributed by atoms with Gasteiger partial charge in [0.2, 0.25) is 20.8 Å². The van der Waals surface area contributed by atoms with E-state index in [2.05, 4.69) is 9.97 Å². The number of hydrogen-bond donors (Lipinski definition) is 1. The van der Waals surface area contributed by atoms with Crippen molar-refractivity contribution in [2.45, 2.75) is 30.6 Å². The Kier molecular flexibility index (Phi) is 6.58. The number of hydrogen-bond acceptors (Lipinski definition) is 9. The average Bonchev–Trinajstić information content (AvgIpc) is 2.69. The molecule has 0 bridgehead atoms. The number of ether oxygens (including phenoxy) is 3. The van der Waals surface area contributed by atoms with E-state index in [1.807, 2.05) is 0 Å². The van der Waals surface area contributed by atoms with E-state index in [1.54, 1.807) is 11.0 Å². The Labute approximate surface area is 157 Å². The zero-order valence-corrected chi connectivity index (χ0v) is 15.7. The van der Waals surface area contributed by atoms with Gasteiger partial charge in [0.1, 0.15) is 6.10 Å². The highest BCUT2D eigenvalue weighted by molar-refractivity contribution is 7.92. The number of sulfone groups is 1. The summed E-state index contributed by atoms with van der Waals surface area (Å²) in [6.45, 7) is 1.41. The summed E-state index contributed by atoms with van der Waals surface area (Å²) in [4.78, 5) is 9.98. The van der Waals surface area contributed by atoms with Crippen LogP contribution in [-0.2, 0) is 30.7 Å². The molecule has 11 heteroatoms. The molecule has 0 radical (unpaired) electrons. The van der Waals surface area contributed by atoms with Gasteiger partial charge in [-0.25, -0.2) is 22.8 Å². The number of aliphatic hydroxyl groups excluding tert-OH is 1. The van der Waals surface area contributed by atoms with Crippen LogP contribution in [0.2, 0.25) is 0 Å². The fourth-order valence-electron chi connectivity index (χ4n) is 3.00. The molecule has 1 aromatic rings. The average molecular weight is 405 g/mol. The molecule has 2 fully saturated rings. The molecule has 152 valence electrons. The number of anilines is 1. The van der Waals surface area contributed by atoms with Crippen LogP contribution in [0.5, 0.6) is 0 Å². The fourth-order valence-corrected chi connectivity index (χ4v) is 4.34. The molecule has 0 saturated carbocycles. The summed E-state index contributed by atoms with van der Waals surface area (Å²) in [6, 6.07) is 1.58. The topological polar surface area (TPSA) is 111 Å².